The van der Waals surface area contributed by atoms with Gasteiger partial charge in [0.05, 0.1) is 24.4 Å². The molecule has 148 valence electrons. The first-order chi connectivity index (χ1) is 13.2. The lowest BCUT2D eigenvalue weighted by atomic mass is 9.78. The quantitative estimate of drug-likeness (QED) is 0.793. The molecule has 3 saturated heterocycles. The third-order valence-corrected chi connectivity index (χ3v) is 6.84. The zero-order valence-corrected chi connectivity index (χ0v) is 16.5. The Kier molecular flexibility index (Phi) is 5.80. The van der Waals surface area contributed by atoms with Crippen LogP contribution in [-0.4, -0.2) is 73.2 Å². The lowest BCUT2D eigenvalue weighted by Gasteiger charge is -2.46. The Hall–Kier alpha value is -1.44. The van der Waals surface area contributed by atoms with Crippen LogP contribution in [0, 0.1) is 5.92 Å². The van der Waals surface area contributed by atoms with Crippen molar-refractivity contribution in [3.05, 3.63) is 22.4 Å². The van der Waals surface area contributed by atoms with Crippen molar-refractivity contribution in [2.24, 2.45) is 5.92 Å². The Morgan fingerprint density at radius 1 is 1.11 bits per heavy atom. The van der Waals surface area contributed by atoms with Gasteiger partial charge in [-0.2, -0.15) is 11.3 Å². The van der Waals surface area contributed by atoms with E-state index in [1.54, 1.807) is 11.3 Å². The maximum absolute atomic E-state index is 12.6. The fourth-order valence-electron chi connectivity index (χ4n) is 4.53. The van der Waals surface area contributed by atoms with Crippen LogP contribution in [0.15, 0.2) is 16.8 Å². The van der Waals surface area contributed by atoms with E-state index in [4.69, 9.17) is 9.47 Å². The molecule has 3 fully saturated rings. The summed E-state index contributed by atoms with van der Waals surface area (Å²) >= 11 is 1.56. The molecule has 0 N–H and O–H groups in total. The van der Waals surface area contributed by atoms with Crippen molar-refractivity contribution >= 4 is 23.2 Å². The molecule has 0 aromatic carbocycles. The van der Waals surface area contributed by atoms with Crippen molar-refractivity contribution in [1.82, 2.24) is 9.80 Å². The number of thiophene rings is 1. The van der Waals surface area contributed by atoms with Gasteiger partial charge in [-0.3, -0.25) is 9.59 Å². The molecule has 6 nitrogen and oxygen atoms in total. The molecule has 0 saturated carbocycles. The van der Waals surface area contributed by atoms with E-state index in [9.17, 15) is 9.59 Å². The van der Waals surface area contributed by atoms with Gasteiger partial charge in [0.2, 0.25) is 5.91 Å². The lowest BCUT2D eigenvalue weighted by molar-refractivity contribution is -0.143. The van der Waals surface area contributed by atoms with Gasteiger partial charge >= 0.3 is 0 Å². The number of rotatable bonds is 3. The average molecular weight is 393 g/mol. The molecule has 1 aromatic rings. The second kappa shape index (κ2) is 8.29. The molecule has 3 aliphatic rings. The molecule has 7 heteroatoms. The highest BCUT2D eigenvalue weighted by Crippen LogP contribution is 2.39. The van der Waals surface area contributed by atoms with Gasteiger partial charge in [-0.25, -0.2) is 0 Å². The van der Waals surface area contributed by atoms with E-state index in [0.717, 1.165) is 50.9 Å². The number of nitrogens with zero attached hydrogens (tertiary/aromatic N) is 2. The lowest BCUT2D eigenvalue weighted by Crippen LogP contribution is -2.51. The van der Waals surface area contributed by atoms with Crippen molar-refractivity contribution in [2.45, 2.75) is 37.7 Å². The summed E-state index contributed by atoms with van der Waals surface area (Å²) in [5.74, 6) is 0.764. The number of piperidine rings is 1. The summed E-state index contributed by atoms with van der Waals surface area (Å²) in [5, 5.41) is 3.86. The Labute approximate surface area is 164 Å². The van der Waals surface area contributed by atoms with Gasteiger partial charge in [0, 0.05) is 44.6 Å². The first-order valence-corrected chi connectivity index (χ1v) is 10.9. The van der Waals surface area contributed by atoms with Crippen LogP contribution in [-0.2, 0) is 14.3 Å². The number of amides is 2. The number of carbonyl (C=O) groups excluding carboxylic acids is 2. The van der Waals surface area contributed by atoms with Crippen molar-refractivity contribution in [2.75, 3.05) is 46.0 Å². The number of ether oxygens (including phenoxy) is 2. The molecule has 27 heavy (non-hydrogen) atoms. The number of hydrogen-bond donors (Lipinski definition) is 0. The normalized spacial score (nSPS) is 25.6. The number of likely N-dealkylation sites (tertiary alicyclic amines) is 1. The molecule has 0 radical (unpaired) electrons. The minimum absolute atomic E-state index is 0.126. The van der Waals surface area contributed by atoms with E-state index < -0.39 is 0 Å². The van der Waals surface area contributed by atoms with Crippen LogP contribution >= 0.6 is 11.3 Å². The highest BCUT2D eigenvalue weighted by Gasteiger charge is 2.42. The second-order valence-corrected chi connectivity index (χ2v) is 8.67. The fourth-order valence-corrected chi connectivity index (χ4v) is 5.16. The first kappa shape index (κ1) is 18.9. The van der Waals surface area contributed by atoms with E-state index >= 15 is 0 Å². The van der Waals surface area contributed by atoms with Crippen LogP contribution in [0.2, 0.25) is 0 Å². The summed E-state index contributed by atoms with van der Waals surface area (Å²) in [7, 11) is 0. The molecule has 1 atom stereocenters. The van der Waals surface area contributed by atoms with Gasteiger partial charge in [-0.05, 0) is 43.0 Å². The van der Waals surface area contributed by atoms with E-state index in [1.807, 2.05) is 26.6 Å². The fraction of sp³-hybridized carbons (Fsp3) is 0.700. The predicted octanol–water partition coefficient (Wildman–Crippen LogP) is 2.40. The minimum Gasteiger partial charge on any atom is -0.378 e. The van der Waals surface area contributed by atoms with Gasteiger partial charge in [0.1, 0.15) is 0 Å². The molecule has 0 aliphatic carbocycles. The Morgan fingerprint density at radius 2 is 1.89 bits per heavy atom. The van der Waals surface area contributed by atoms with Crippen molar-refractivity contribution in [3.63, 3.8) is 0 Å². The van der Waals surface area contributed by atoms with E-state index in [1.165, 1.54) is 0 Å². The van der Waals surface area contributed by atoms with E-state index in [2.05, 4.69) is 0 Å². The first-order valence-electron chi connectivity index (χ1n) is 9.96. The monoisotopic (exact) mass is 392 g/mol. The van der Waals surface area contributed by atoms with Gasteiger partial charge < -0.3 is 19.3 Å². The SMILES string of the molecule is O=C(CC1CCOC2(CCN(C(=O)c3ccsc3)CC2)C1)N1CCOCC1. The van der Waals surface area contributed by atoms with Gasteiger partial charge in [-0.1, -0.05) is 0 Å². The van der Waals surface area contributed by atoms with Crippen LogP contribution < -0.4 is 0 Å². The summed E-state index contributed by atoms with van der Waals surface area (Å²) in [5.41, 5.74) is 0.633. The summed E-state index contributed by atoms with van der Waals surface area (Å²) in [6.45, 7) is 4.92. The number of hydrogen-bond acceptors (Lipinski definition) is 5. The molecule has 0 bridgehead atoms. The molecule has 4 rings (SSSR count). The molecule has 4 heterocycles. The van der Waals surface area contributed by atoms with E-state index in [-0.39, 0.29) is 17.4 Å². The molecular weight excluding hydrogens is 364 g/mol. The van der Waals surface area contributed by atoms with Crippen LogP contribution in [0.4, 0.5) is 0 Å². The van der Waals surface area contributed by atoms with Gasteiger partial charge in [0.15, 0.2) is 0 Å². The number of carbonyl (C=O) groups is 2. The summed E-state index contributed by atoms with van der Waals surface area (Å²) in [6.07, 6.45) is 4.23. The summed E-state index contributed by atoms with van der Waals surface area (Å²) in [6, 6.07) is 1.89. The highest BCUT2D eigenvalue weighted by atomic mass is 32.1. The van der Waals surface area contributed by atoms with Crippen LogP contribution in [0.3, 0.4) is 0 Å². The molecular formula is C20H28N2O4S. The van der Waals surface area contributed by atoms with Crippen molar-refractivity contribution < 1.29 is 19.1 Å². The maximum Gasteiger partial charge on any atom is 0.254 e. The summed E-state index contributed by atoms with van der Waals surface area (Å²) in [4.78, 5) is 29.0. The zero-order chi connectivity index (χ0) is 18.7. The van der Waals surface area contributed by atoms with Crippen LogP contribution in [0.25, 0.3) is 0 Å². The highest BCUT2D eigenvalue weighted by molar-refractivity contribution is 7.08. The molecule has 3 aliphatic heterocycles. The Morgan fingerprint density at radius 3 is 2.59 bits per heavy atom. The molecule has 1 unspecified atom stereocenters. The largest absolute Gasteiger partial charge is 0.378 e. The topological polar surface area (TPSA) is 59.1 Å². The second-order valence-electron chi connectivity index (χ2n) is 7.89. The number of morpholine rings is 1. The maximum atomic E-state index is 12.6. The van der Waals surface area contributed by atoms with Crippen molar-refractivity contribution in [1.29, 1.82) is 0 Å². The minimum atomic E-state index is -0.153. The Balaban J connectivity index is 1.30. The van der Waals surface area contributed by atoms with Gasteiger partial charge in [0.25, 0.3) is 5.91 Å². The molecule has 1 aromatic heterocycles. The average Bonchev–Trinajstić information content (AvgIpc) is 3.24. The smallest absolute Gasteiger partial charge is 0.254 e. The third-order valence-electron chi connectivity index (χ3n) is 6.15. The zero-order valence-electron chi connectivity index (χ0n) is 15.7. The molecule has 2 amide bonds. The van der Waals surface area contributed by atoms with Crippen LogP contribution in [0.1, 0.15) is 42.5 Å². The van der Waals surface area contributed by atoms with E-state index in [0.29, 0.717) is 38.6 Å². The predicted molar refractivity (Wildman–Crippen MR) is 103 cm³/mol. The Bertz CT molecular complexity index is 649. The third kappa shape index (κ3) is 4.36. The molecule has 1 spiro atoms. The standard InChI is InChI=1S/C20H28N2O4S/c23-18(21-7-10-25-11-8-21)13-16-1-9-26-20(14-16)3-5-22(6-4-20)19(24)17-2-12-27-15-17/h2,12,15-16H,1,3-11,13-14H2. The van der Waals surface area contributed by atoms with Crippen molar-refractivity contribution in [3.8, 4) is 0 Å². The summed E-state index contributed by atoms with van der Waals surface area (Å²) < 4.78 is 11.5. The van der Waals surface area contributed by atoms with Crippen LogP contribution in [0.5, 0.6) is 0 Å². The van der Waals surface area contributed by atoms with Gasteiger partial charge in [-0.15, -0.1) is 0 Å².